The first-order chi connectivity index (χ1) is 11.4. The van der Waals surface area contributed by atoms with Crippen molar-refractivity contribution in [1.82, 2.24) is 14.6 Å². The summed E-state index contributed by atoms with van der Waals surface area (Å²) in [5.74, 6) is -1.39. The molecule has 128 valence electrons. The van der Waals surface area contributed by atoms with Gasteiger partial charge in [0.2, 0.25) is 5.91 Å². The van der Waals surface area contributed by atoms with Crippen molar-refractivity contribution in [3.63, 3.8) is 0 Å². The van der Waals surface area contributed by atoms with Crippen LogP contribution in [0.25, 0.3) is 11.4 Å². The van der Waals surface area contributed by atoms with Crippen LogP contribution in [0.5, 0.6) is 0 Å². The fraction of sp³-hybridized carbons (Fsp3) is 0.375. The van der Waals surface area contributed by atoms with Crippen molar-refractivity contribution < 1.29 is 18.8 Å². The number of hydrogen-bond donors (Lipinski definition) is 0. The average Bonchev–Trinajstić information content (AvgIpc) is 2.89. The van der Waals surface area contributed by atoms with E-state index in [9.17, 15) is 14.4 Å². The quantitative estimate of drug-likeness (QED) is 0.727. The molecule has 2 aromatic rings. The number of aromatic nitrogens is 2. The van der Waals surface area contributed by atoms with Crippen LogP contribution in [0.3, 0.4) is 0 Å². The largest absolute Gasteiger partial charge is 0.465 e. The van der Waals surface area contributed by atoms with Gasteiger partial charge in [-0.25, -0.2) is 9.36 Å². The van der Waals surface area contributed by atoms with Gasteiger partial charge in [0.05, 0.1) is 6.61 Å². The van der Waals surface area contributed by atoms with E-state index in [4.69, 9.17) is 9.26 Å². The molecule has 0 spiro atoms. The molecular weight excluding hydrogens is 314 g/mol. The lowest BCUT2D eigenvalue weighted by molar-refractivity contribution is -0.148. The molecule has 0 radical (unpaired) electrons. The van der Waals surface area contributed by atoms with E-state index in [0.29, 0.717) is 5.56 Å². The summed E-state index contributed by atoms with van der Waals surface area (Å²) in [6.45, 7) is 3.33. The zero-order valence-electron chi connectivity index (χ0n) is 13.8. The highest BCUT2D eigenvalue weighted by Gasteiger charge is 2.20. The van der Waals surface area contributed by atoms with Crippen LogP contribution in [0, 0.1) is 6.92 Å². The summed E-state index contributed by atoms with van der Waals surface area (Å²) < 4.78 is 10.6. The van der Waals surface area contributed by atoms with E-state index in [2.05, 4.69) is 5.16 Å². The van der Waals surface area contributed by atoms with E-state index in [1.807, 2.05) is 19.1 Å². The second-order valence-electron chi connectivity index (χ2n) is 5.23. The zero-order chi connectivity index (χ0) is 17.7. The lowest BCUT2D eigenvalue weighted by Crippen LogP contribution is -2.37. The van der Waals surface area contributed by atoms with Crippen LogP contribution in [-0.4, -0.2) is 46.7 Å². The van der Waals surface area contributed by atoms with Crippen LogP contribution >= 0.6 is 0 Å². The van der Waals surface area contributed by atoms with Crippen molar-refractivity contribution in [3.05, 3.63) is 40.4 Å². The van der Waals surface area contributed by atoms with Gasteiger partial charge in [0.25, 0.3) is 0 Å². The van der Waals surface area contributed by atoms with Crippen LogP contribution in [0.1, 0.15) is 12.5 Å². The second kappa shape index (κ2) is 7.58. The lowest BCUT2D eigenvalue weighted by Gasteiger charge is -2.16. The molecule has 0 atom stereocenters. The number of rotatable bonds is 6. The minimum absolute atomic E-state index is 0.188. The van der Waals surface area contributed by atoms with Crippen LogP contribution < -0.4 is 5.76 Å². The molecule has 8 heteroatoms. The molecule has 0 bridgehead atoms. The molecule has 0 aliphatic carbocycles. The van der Waals surface area contributed by atoms with E-state index in [0.717, 1.165) is 10.1 Å². The molecule has 24 heavy (non-hydrogen) atoms. The van der Waals surface area contributed by atoms with Gasteiger partial charge in [0.1, 0.15) is 13.1 Å². The first-order valence-electron chi connectivity index (χ1n) is 7.46. The Morgan fingerprint density at radius 3 is 2.71 bits per heavy atom. The van der Waals surface area contributed by atoms with Crippen molar-refractivity contribution in [3.8, 4) is 11.4 Å². The van der Waals surface area contributed by atoms with Gasteiger partial charge in [-0.15, -0.1) is 0 Å². The van der Waals surface area contributed by atoms with E-state index in [1.165, 1.54) is 11.9 Å². The standard InChI is InChI=1S/C16H19N3O5/c1-4-23-14(21)10-18(3)13(20)9-19-15(17-24-16(19)22)12-8-6-5-7-11(12)2/h5-8H,4,9-10H2,1-3H3. The number of likely N-dealkylation sites (N-methyl/N-ethyl adjacent to an activating group) is 1. The Morgan fingerprint density at radius 2 is 2.04 bits per heavy atom. The van der Waals surface area contributed by atoms with E-state index >= 15 is 0 Å². The summed E-state index contributed by atoms with van der Waals surface area (Å²) in [5.41, 5.74) is 1.59. The zero-order valence-corrected chi connectivity index (χ0v) is 13.8. The third-order valence-corrected chi connectivity index (χ3v) is 3.46. The van der Waals surface area contributed by atoms with Crippen molar-refractivity contribution >= 4 is 11.9 Å². The van der Waals surface area contributed by atoms with Crippen LogP contribution in [0.4, 0.5) is 0 Å². The molecule has 0 aliphatic heterocycles. The van der Waals surface area contributed by atoms with Gasteiger partial charge in [-0.1, -0.05) is 29.4 Å². The molecule has 1 aromatic heterocycles. The highest BCUT2D eigenvalue weighted by atomic mass is 16.5. The Kier molecular flexibility index (Phi) is 5.51. The number of carbonyl (C=O) groups is 2. The van der Waals surface area contributed by atoms with Crippen LogP contribution in [-0.2, 0) is 20.9 Å². The van der Waals surface area contributed by atoms with Crippen molar-refractivity contribution in [1.29, 1.82) is 0 Å². The molecule has 1 aromatic carbocycles. The Bertz CT molecular complexity index is 793. The monoisotopic (exact) mass is 333 g/mol. The fourth-order valence-electron chi connectivity index (χ4n) is 2.17. The third kappa shape index (κ3) is 3.89. The van der Waals surface area contributed by atoms with Gasteiger partial charge in [0.15, 0.2) is 5.82 Å². The summed E-state index contributed by atoms with van der Waals surface area (Å²) in [4.78, 5) is 36.8. The third-order valence-electron chi connectivity index (χ3n) is 3.46. The molecule has 0 fully saturated rings. The topological polar surface area (TPSA) is 94.6 Å². The van der Waals surface area contributed by atoms with Gasteiger partial charge < -0.3 is 9.64 Å². The molecular formula is C16H19N3O5. The Morgan fingerprint density at radius 1 is 1.33 bits per heavy atom. The molecule has 1 amide bonds. The predicted octanol–water partition coefficient (Wildman–Crippen LogP) is 0.833. The molecule has 0 saturated carbocycles. The number of hydrogen-bond acceptors (Lipinski definition) is 6. The van der Waals surface area contributed by atoms with E-state index < -0.39 is 17.6 Å². The number of amides is 1. The Hall–Kier alpha value is -2.90. The molecule has 2 rings (SSSR count). The minimum atomic E-state index is -0.730. The number of carbonyl (C=O) groups excluding carboxylic acids is 2. The fourth-order valence-corrected chi connectivity index (χ4v) is 2.17. The van der Waals surface area contributed by atoms with Gasteiger partial charge >= 0.3 is 11.7 Å². The number of nitrogens with zero attached hydrogens (tertiary/aromatic N) is 3. The van der Waals surface area contributed by atoms with E-state index in [1.54, 1.807) is 19.1 Å². The van der Waals surface area contributed by atoms with Crippen molar-refractivity contribution in [2.45, 2.75) is 20.4 Å². The van der Waals surface area contributed by atoms with Gasteiger partial charge in [-0.3, -0.25) is 14.1 Å². The summed E-state index contributed by atoms with van der Waals surface area (Å²) in [6.07, 6.45) is 0. The van der Waals surface area contributed by atoms with Gasteiger partial charge in [-0.2, -0.15) is 0 Å². The molecule has 1 heterocycles. The SMILES string of the molecule is CCOC(=O)CN(C)C(=O)Cn1c(-c2ccccc2C)noc1=O. The maximum atomic E-state index is 12.3. The maximum absolute atomic E-state index is 12.3. The number of esters is 1. The average molecular weight is 333 g/mol. The van der Waals surface area contributed by atoms with Crippen molar-refractivity contribution in [2.24, 2.45) is 0 Å². The Labute approximate surface area is 138 Å². The smallest absolute Gasteiger partial charge is 0.442 e. The van der Waals surface area contributed by atoms with Gasteiger partial charge in [0, 0.05) is 12.6 Å². The van der Waals surface area contributed by atoms with Crippen molar-refractivity contribution in [2.75, 3.05) is 20.2 Å². The minimum Gasteiger partial charge on any atom is -0.465 e. The maximum Gasteiger partial charge on any atom is 0.442 e. The number of benzene rings is 1. The molecule has 0 N–H and O–H groups in total. The predicted molar refractivity (Wildman–Crippen MR) is 85.2 cm³/mol. The molecule has 0 unspecified atom stereocenters. The number of aryl methyl sites for hydroxylation is 1. The first kappa shape index (κ1) is 17.5. The summed E-state index contributed by atoms with van der Waals surface area (Å²) in [5, 5.41) is 3.76. The molecule has 8 nitrogen and oxygen atoms in total. The first-order valence-corrected chi connectivity index (χ1v) is 7.46. The normalized spacial score (nSPS) is 10.5. The van der Waals surface area contributed by atoms with Crippen LogP contribution in [0.2, 0.25) is 0 Å². The number of ether oxygens (including phenoxy) is 1. The van der Waals surface area contributed by atoms with Crippen LogP contribution in [0.15, 0.2) is 33.6 Å². The molecule has 0 aliphatic rings. The summed E-state index contributed by atoms with van der Waals surface area (Å²) >= 11 is 0. The van der Waals surface area contributed by atoms with E-state index in [-0.39, 0.29) is 25.5 Å². The highest BCUT2D eigenvalue weighted by molar-refractivity contribution is 5.82. The molecule has 0 saturated heterocycles. The van der Waals surface area contributed by atoms with Gasteiger partial charge in [-0.05, 0) is 19.4 Å². The summed E-state index contributed by atoms with van der Waals surface area (Å²) in [7, 11) is 1.46. The highest BCUT2D eigenvalue weighted by Crippen LogP contribution is 2.20. The lowest BCUT2D eigenvalue weighted by atomic mass is 10.1. The second-order valence-corrected chi connectivity index (χ2v) is 5.23. The summed E-state index contributed by atoms with van der Waals surface area (Å²) in [6, 6.07) is 7.32. The Balaban J connectivity index is 2.20.